The van der Waals surface area contributed by atoms with E-state index in [1.54, 1.807) is 7.11 Å². The number of aryl methyl sites for hydroxylation is 1. The van der Waals surface area contributed by atoms with E-state index in [-0.39, 0.29) is 0 Å². The summed E-state index contributed by atoms with van der Waals surface area (Å²) in [7, 11) is 1.72. The van der Waals surface area contributed by atoms with Crippen molar-refractivity contribution in [2.24, 2.45) is 5.92 Å². The van der Waals surface area contributed by atoms with Gasteiger partial charge < -0.3 is 10.1 Å². The lowest BCUT2D eigenvalue weighted by molar-refractivity contribution is 0.355. The molecule has 1 N–H and O–H groups in total. The van der Waals surface area contributed by atoms with Gasteiger partial charge in [0.2, 0.25) is 0 Å². The highest BCUT2D eigenvalue weighted by molar-refractivity contribution is 7.99. The lowest BCUT2D eigenvalue weighted by Gasteiger charge is -2.27. The van der Waals surface area contributed by atoms with Crippen LogP contribution in [0.3, 0.4) is 0 Å². The van der Waals surface area contributed by atoms with Crippen molar-refractivity contribution >= 4 is 11.8 Å². The minimum Gasteiger partial charge on any atom is -0.497 e. The summed E-state index contributed by atoms with van der Waals surface area (Å²) in [5.41, 5.74) is 1.41. The van der Waals surface area contributed by atoms with Crippen molar-refractivity contribution in [2.75, 3.05) is 25.2 Å². The maximum Gasteiger partial charge on any atom is 0.118 e. The van der Waals surface area contributed by atoms with Gasteiger partial charge in [0.15, 0.2) is 0 Å². The summed E-state index contributed by atoms with van der Waals surface area (Å²) in [5, 5.41) is 3.69. The third kappa shape index (κ3) is 5.91. The van der Waals surface area contributed by atoms with E-state index in [1.165, 1.54) is 42.8 Å². The van der Waals surface area contributed by atoms with E-state index in [0.29, 0.717) is 6.04 Å². The Morgan fingerprint density at radius 3 is 2.57 bits per heavy atom. The maximum atomic E-state index is 5.22. The SMILES string of the molecule is CCNC(CCc1ccc(OC)cc1)CC1CCSCC1. The van der Waals surface area contributed by atoms with Gasteiger partial charge in [-0.2, -0.15) is 11.8 Å². The first-order chi connectivity index (χ1) is 10.3. The Kier molecular flexibility index (Phi) is 7.45. The van der Waals surface area contributed by atoms with E-state index in [1.807, 2.05) is 0 Å². The molecule has 21 heavy (non-hydrogen) atoms. The molecule has 0 spiro atoms. The molecule has 1 atom stereocenters. The molecule has 2 nitrogen and oxygen atoms in total. The third-order valence-corrected chi connectivity index (χ3v) is 5.44. The van der Waals surface area contributed by atoms with Gasteiger partial charge in [0.05, 0.1) is 7.11 Å². The number of benzene rings is 1. The van der Waals surface area contributed by atoms with Gasteiger partial charge in [-0.3, -0.25) is 0 Å². The van der Waals surface area contributed by atoms with Crippen LogP contribution in [0.4, 0.5) is 0 Å². The third-order valence-electron chi connectivity index (χ3n) is 4.39. The zero-order chi connectivity index (χ0) is 14.9. The van der Waals surface area contributed by atoms with Gasteiger partial charge in [0.25, 0.3) is 0 Å². The highest BCUT2D eigenvalue weighted by Gasteiger charge is 2.18. The lowest BCUT2D eigenvalue weighted by Crippen LogP contribution is -2.32. The molecule has 1 unspecified atom stereocenters. The quantitative estimate of drug-likeness (QED) is 0.780. The predicted octanol–water partition coefficient (Wildman–Crippen LogP) is 4.14. The molecule has 1 aromatic rings. The van der Waals surface area contributed by atoms with Crippen LogP contribution in [0, 0.1) is 5.92 Å². The van der Waals surface area contributed by atoms with Crippen molar-refractivity contribution in [2.45, 2.75) is 45.1 Å². The molecule has 0 aliphatic carbocycles. The Morgan fingerprint density at radius 2 is 1.95 bits per heavy atom. The molecule has 1 aliphatic rings. The second kappa shape index (κ2) is 9.37. The molecule has 1 heterocycles. The molecule has 2 rings (SSSR count). The van der Waals surface area contributed by atoms with Crippen LogP contribution in [0.5, 0.6) is 5.75 Å². The van der Waals surface area contributed by atoms with E-state index in [9.17, 15) is 0 Å². The van der Waals surface area contributed by atoms with Crippen molar-refractivity contribution in [3.05, 3.63) is 29.8 Å². The normalized spacial score (nSPS) is 17.6. The molecule has 0 amide bonds. The standard InChI is InChI=1S/C18H29NOS/c1-3-19-17(14-16-10-12-21-13-11-16)7-4-15-5-8-18(20-2)9-6-15/h5-6,8-9,16-17,19H,3-4,7,10-14H2,1-2H3. The van der Waals surface area contributed by atoms with Gasteiger partial charge in [-0.25, -0.2) is 0 Å². The average molecular weight is 308 g/mol. The average Bonchev–Trinajstić information content (AvgIpc) is 2.54. The molecule has 1 saturated heterocycles. The van der Waals surface area contributed by atoms with Crippen molar-refractivity contribution in [3.63, 3.8) is 0 Å². The second-order valence-corrected chi connectivity index (χ2v) is 7.16. The van der Waals surface area contributed by atoms with Crippen LogP contribution in [0.15, 0.2) is 24.3 Å². The van der Waals surface area contributed by atoms with Crippen molar-refractivity contribution in [3.8, 4) is 5.75 Å². The summed E-state index contributed by atoms with van der Waals surface area (Å²) in [5.74, 6) is 4.61. The van der Waals surface area contributed by atoms with Crippen LogP contribution < -0.4 is 10.1 Å². The molecular formula is C18H29NOS. The summed E-state index contributed by atoms with van der Waals surface area (Å²) in [6, 6.07) is 9.19. The van der Waals surface area contributed by atoms with E-state index >= 15 is 0 Å². The number of rotatable bonds is 8. The van der Waals surface area contributed by atoms with Gasteiger partial charge in [-0.1, -0.05) is 19.1 Å². The Labute approximate surface area is 134 Å². The Morgan fingerprint density at radius 1 is 1.24 bits per heavy atom. The summed E-state index contributed by atoms with van der Waals surface area (Å²) < 4.78 is 5.22. The number of hydrogen-bond donors (Lipinski definition) is 1. The fourth-order valence-corrected chi connectivity index (χ4v) is 4.31. The second-order valence-electron chi connectivity index (χ2n) is 5.93. The van der Waals surface area contributed by atoms with Crippen LogP contribution in [-0.4, -0.2) is 31.2 Å². The zero-order valence-electron chi connectivity index (χ0n) is 13.4. The first-order valence-electron chi connectivity index (χ1n) is 8.26. The van der Waals surface area contributed by atoms with Crippen LogP contribution >= 0.6 is 11.8 Å². The van der Waals surface area contributed by atoms with E-state index in [2.05, 4.69) is 48.3 Å². The molecule has 0 radical (unpaired) electrons. The van der Waals surface area contributed by atoms with Gasteiger partial charge >= 0.3 is 0 Å². The Hall–Kier alpha value is -0.670. The predicted molar refractivity (Wildman–Crippen MR) is 93.4 cm³/mol. The molecule has 0 saturated carbocycles. The summed E-state index contributed by atoms with van der Waals surface area (Å²) >= 11 is 2.12. The van der Waals surface area contributed by atoms with E-state index in [4.69, 9.17) is 4.74 Å². The molecule has 0 bridgehead atoms. The highest BCUT2D eigenvalue weighted by Crippen LogP contribution is 2.27. The molecule has 1 aromatic carbocycles. The number of hydrogen-bond acceptors (Lipinski definition) is 3. The summed E-state index contributed by atoms with van der Waals surface area (Å²) in [4.78, 5) is 0. The number of ether oxygens (including phenoxy) is 1. The summed E-state index contributed by atoms with van der Waals surface area (Å²) in [6.45, 7) is 3.30. The van der Waals surface area contributed by atoms with Crippen molar-refractivity contribution in [1.82, 2.24) is 5.32 Å². The zero-order valence-corrected chi connectivity index (χ0v) is 14.3. The van der Waals surface area contributed by atoms with Crippen molar-refractivity contribution < 1.29 is 4.74 Å². The minimum atomic E-state index is 0.671. The van der Waals surface area contributed by atoms with Crippen LogP contribution in [0.2, 0.25) is 0 Å². The first kappa shape index (κ1) is 16.7. The fourth-order valence-electron chi connectivity index (χ4n) is 3.11. The van der Waals surface area contributed by atoms with Gasteiger partial charge in [-0.05, 0) is 73.8 Å². The lowest BCUT2D eigenvalue weighted by atomic mass is 9.91. The van der Waals surface area contributed by atoms with Crippen LogP contribution in [0.1, 0.15) is 38.2 Å². The van der Waals surface area contributed by atoms with Gasteiger partial charge in [0, 0.05) is 6.04 Å². The largest absolute Gasteiger partial charge is 0.497 e. The van der Waals surface area contributed by atoms with Crippen molar-refractivity contribution in [1.29, 1.82) is 0 Å². The van der Waals surface area contributed by atoms with Crippen LogP contribution in [-0.2, 0) is 6.42 Å². The first-order valence-corrected chi connectivity index (χ1v) is 9.41. The summed E-state index contributed by atoms with van der Waals surface area (Å²) in [6.07, 6.45) is 6.57. The number of methoxy groups -OCH3 is 1. The number of nitrogens with one attached hydrogen (secondary N) is 1. The molecule has 118 valence electrons. The molecule has 1 fully saturated rings. The van der Waals surface area contributed by atoms with Crippen LogP contribution in [0.25, 0.3) is 0 Å². The van der Waals surface area contributed by atoms with Gasteiger partial charge in [-0.15, -0.1) is 0 Å². The maximum absolute atomic E-state index is 5.22. The van der Waals surface area contributed by atoms with E-state index < -0.39 is 0 Å². The molecule has 3 heteroatoms. The highest BCUT2D eigenvalue weighted by atomic mass is 32.2. The number of thioether (sulfide) groups is 1. The monoisotopic (exact) mass is 307 g/mol. The molecular weight excluding hydrogens is 278 g/mol. The van der Waals surface area contributed by atoms with E-state index in [0.717, 1.165) is 24.6 Å². The van der Waals surface area contributed by atoms with Gasteiger partial charge in [0.1, 0.15) is 5.75 Å². The topological polar surface area (TPSA) is 21.3 Å². The smallest absolute Gasteiger partial charge is 0.118 e. The Balaban J connectivity index is 1.80. The molecule has 0 aromatic heterocycles. The minimum absolute atomic E-state index is 0.671. The molecule has 1 aliphatic heterocycles. The Bertz CT molecular complexity index is 387. The fraction of sp³-hybridized carbons (Fsp3) is 0.667.